The molecule has 1 aromatic rings. The zero-order valence-corrected chi connectivity index (χ0v) is 8.84. The van der Waals surface area contributed by atoms with E-state index in [9.17, 15) is 0 Å². The van der Waals surface area contributed by atoms with Crippen LogP contribution in [0.25, 0.3) is 0 Å². The number of methoxy groups -OCH3 is 1. The van der Waals surface area contributed by atoms with Gasteiger partial charge in [-0.15, -0.1) is 0 Å². The minimum Gasteiger partial charge on any atom is -0.496 e. The molecule has 0 aromatic heterocycles. The van der Waals surface area contributed by atoms with Crippen LogP contribution < -0.4 is 4.74 Å². The van der Waals surface area contributed by atoms with Gasteiger partial charge in [0.05, 0.1) is 13.2 Å². The molecular formula is C11H12ClNO. The Balaban J connectivity index is 2.73. The lowest BCUT2D eigenvalue weighted by Crippen LogP contribution is -1.92. The van der Waals surface area contributed by atoms with Gasteiger partial charge < -0.3 is 4.74 Å². The lowest BCUT2D eigenvalue weighted by atomic mass is 10.1. The Morgan fingerprint density at radius 2 is 2.29 bits per heavy atom. The second kappa shape index (κ2) is 5.51. The number of halogens is 1. The highest BCUT2D eigenvalue weighted by Gasteiger charge is 2.02. The maximum Gasteiger partial charge on any atom is 0.122 e. The monoisotopic (exact) mass is 209 g/mol. The molecule has 1 aromatic carbocycles. The van der Waals surface area contributed by atoms with E-state index in [0.717, 1.165) is 24.2 Å². The van der Waals surface area contributed by atoms with Crippen LogP contribution in [-0.4, -0.2) is 7.11 Å². The molecule has 1 rings (SSSR count). The second-order valence-electron chi connectivity index (χ2n) is 2.97. The minimum atomic E-state index is 0.565. The van der Waals surface area contributed by atoms with Gasteiger partial charge in [0.25, 0.3) is 0 Å². The van der Waals surface area contributed by atoms with Gasteiger partial charge in [0.2, 0.25) is 0 Å². The SMILES string of the molecule is COc1ccc(Cl)cc1CCCC#N. The normalized spacial score (nSPS) is 9.50. The third kappa shape index (κ3) is 2.93. The Morgan fingerprint density at radius 3 is 2.93 bits per heavy atom. The molecule has 0 atom stereocenters. The highest BCUT2D eigenvalue weighted by atomic mass is 35.5. The van der Waals surface area contributed by atoms with E-state index in [4.69, 9.17) is 21.6 Å². The summed E-state index contributed by atoms with van der Waals surface area (Å²) in [5, 5.41) is 9.12. The first kappa shape index (κ1) is 10.9. The van der Waals surface area contributed by atoms with Gasteiger partial charge in [-0.05, 0) is 36.6 Å². The molecule has 0 fully saturated rings. The van der Waals surface area contributed by atoms with Crippen molar-refractivity contribution in [1.82, 2.24) is 0 Å². The number of benzene rings is 1. The quantitative estimate of drug-likeness (QED) is 0.714. The predicted molar refractivity (Wildman–Crippen MR) is 56.6 cm³/mol. The molecule has 0 radical (unpaired) electrons. The van der Waals surface area contributed by atoms with Gasteiger partial charge in [0.15, 0.2) is 0 Å². The summed E-state index contributed by atoms with van der Waals surface area (Å²) in [6, 6.07) is 7.65. The van der Waals surface area contributed by atoms with Crippen molar-refractivity contribution in [3.05, 3.63) is 28.8 Å². The highest BCUT2D eigenvalue weighted by molar-refractivity contribution is 6.30. The maximum atomic E-state index is 8.42. The van der Waals surface area contributed by atoms with Gasteiger partial charge in [-0.2, -0.15) is 5.26 Å². The van der Waals surface area contributed by atoms with E-state index in [1.165, 1.54) is 0 Å². The zero-order chi connectivity index (χ0) is 10.4. The molecular weight excluding hydrogens is 198 g/mol. The molecule has 14 heavy (non-hydrogen) atoms. The van der Waals surface area contributed by atoms with Gasteiger partial charge in [-0.1, -0.05) is 11.6 Å². The summed E-state index contributed by atoms with van der Waals surface area (Å²) in [6.07, 6.45) is 2.24. The van der Waals surface area contributed by atoms with E-state index < -0.39 is 0 Å². The Labute approximate surface area is 89.1 Å². The third-order valence-electron chi connectivity index (χ3n) is 1.98. The Hall–Kier alpha value is -1.20. The standard InChI is InChI=1S/C11H12ClNO/c1-14-11-6-5-10(12)8-9(11)4-2-3-7-13/h5-6,8H,2-4H2,1H3. The molecule has 74 valence electrons. The molecule has 0 aliphatic rings. The summed E-state index contributed by atoms with van der Waals surface area (Å²) < 4.78 is 5.19. The average molecular weight is 210 g/mol. The first-order valence-electron chi connectivity index (χ1n) is 4.47. The summed E-state index contributed by atoms with van der Waals surface area (Å²) in [4.78, 5) is 0. The van der Waals surface area contributed by atoms with Gasteiger partial charge in [-0.3, -0.25) is 0 Å². The number of hydrogen-bond acceptors (Lipinski definition) is 2. The molecule has 2 nitrogen and oxygen atoms in total. The lowest BCUT2D eigenvalue weighted by Gasteiger charge is -2.07. The molecule has 0 heterocycles. The fourth-order valence-electron chi connectivity index (χ4n) is 1.30. The predicted octanol–water partition coefficient (Wildman–Crippen LogP) is 3.19. The van der Waals surface area contributed by atoms with E-state index in [1.807, 2.05) is 12.1 Å². The summed E-state index contributed by atoms with van der Waals surface area (Å²) >= 11 is 5.87. The topological polar surface area (TPSA) is 33.0 Å². The molecule has 0 amide bonds. The number of hydrogen-bond donors (Lipinski definition) is 0. The number of ether oxygens (including phenoxy) is 1. The van der Waals surface area contributed by atoms with Gasteiger partial charge in [0.1, 0.15) is 5.75 Å². The van der Waals surface area contributed by atoms with Crippen LogP contribution in [0, 0.1) is 11.3 Å². The third-order valence-corrected chi connectivity index (χ3v) is 2.21. The average Bonchev–Trinajstić information content (AvgIpc) is 2.19. The second-order valence-corrected chi connectivity index (χ2v) is 3.40. The van der Waals surface area contributed by atoms with Crippen molar-refractivity contribution >= 4 is 11.6 Å². The molecule has 0 saturated heterocycles. The Morgan fingerprint density at radius 1 is 1.50 bits per heavy atom. The van der Waals surface area contributed by atoms with E-state index in [1.54, 1.807) is 13.2 Å². The van der Waals surface area contributed by atoms with E-state index in [-0.39, 0.29) is 0 Å². The fraction of sp³-hybridized carbons (Fsp3) is 0.364. The van der Waals surface area contributed by atoms with E-state index in [2.05, 4.69) is 6.07 Å². The van der Waals surface area contributed by atoms with E-state index >= 15 is 0 Å². The minimum absolute atomic E-state index is 0.565. The Kier molecular flexibility index (Phi) is 4.28. The zero-order valence-electron chi connectivity index (χ0n) is 8.09. The lowest BCUT2D eigenvalue weighted by molar-refractivity contribution is 0.409. The van der Waals surface area contributed by atoms with Crippen LogP contribution in [0.1, 0.15) is 18.4 Å². The molecule has 3 heteroatoms. The Bertz CT molecular complexity index is 344. The van der Waals surface area contributed by atoms with Crippen LogP contribution in [0.15, 0.2) is 18.2 Å². The highest BCUT2D eigenvalue weighted by Crippen LogP contribution is 2.23. The number of nitrogens with zero attached hydrogens (tertiary/aromatic N) is 1. The summed E-state index contributed by atoms with van der Waals surface area (Å²) in [5.74, 6) is 0.840. The summed E-state index contributed by atoms with van der Waals surface area (Å²) in [6.45, 7) is 0. The van der Waals surface area contributed by atoms with E-state index in [0.29, 0.717) is 11.4 Å². The van der Waals surface area contributed by atoms with Crippen molar-refractivity contribution < 1.29 is 4.74 Å². The van der Waals surface area contributed by atoms with Crippen molar-refractivity contribution in [3.8, 4) is 11.8 Å². The molecule has 0 aliphatic heterocycles. The summed E-state index contributed by atoms with van der Waals surface area (Å²) in [7, 11) is 1.64. The smallest absolute Gasteiger partial charge is 0.122 e. The van der Waals surface area contributed by atoms with Crippen molar-refractivity contribution in [2.24, 2.45) is 0 Å². The van der Waals surface area contributed by atoms with Crippen LogP contribution in [-0.2, 0) is 6.42 Å². The van der Waals surface area contributed by atoms with Crippen LogP contribution in [0.2, 0.25) is 5.02 Å². The molecule has 0 aliphatic carbocycles. The molecule has 0 spiro atoms. The molecule has 0 N–H and O–H groups in total. The van der Waals surface area contributed by atoms with Crippen molar-refractivity contribution in [2.75, 3.05) is 7.11 Å². The van der Waals surface area contributed by atoms with Crippen molar-refractivity contribution in [3.63, 3.8) is 0 Å². The van der Waals surface area contributed by atoms with Crippen molar-refractivity contribution in [1.29, 1.82) is 5.26 Å². The van der Waals surface area contributed by atoms with Crippen LogP contribution in [0.4, 0.5) is 0 Å². The van der Waals surface area contributed by atoms with Crippen molar-refractivity contribution in [2.45, 2.75) is 19.3 Å². The fourth-order valence-corrected chi connectivity index (χ4v) is 1.50. The van der Waals surface area contributed by atoms with Gasteiger partial charge in [0, 0.05) is 11.4 Å². The molecule has 0 bridgehead atoms. The molecule has 0 saturated carbocycles. The number of nitriles is 1. The van der Waals surface area contributed by atoms with Gasteiger partial charge >= 0.3 is 0 Å². The maximum absolute atomic E-state index is 8.42. The van der Waals surface area contributed by atoms with Gasteiger partial charge in [-0.25, -0.2) is 0 Å². The first-order valence-corrected chi connectivity index (χ1v) is 4.85. The van der Waals surface area contributed by atoms with Crippen LogP contribution in [0.3, 0.4) is 0 Å². The number of unbranched alkanes of at least 4 members (excludes halogenated alkanes) is 1. The van der Waals surface area contributed by atoms with Crippen LogP contribution in [0.5, 0.6) is 5.75 Å². The summed E-state index contributed by atoms with van der Waals surface area (Å²) in [5.41, 5.74) is 1.07. The number of aryl methyl sites for hydroxylation is 1. The largest absolute Gasteiger partial charge is 0.496 e. The molecule has 0 unspecified atom stereocenters. The number of rotatable bonds is 4. The van der Waals surface area contributed by atoms with Crippen LogP contribution >= 0.6 is 11.6 Å². The first-order chi connectivity index (χ1) is 6.77.